The van der Waals surface area contributed by atoms with Gasteiger partial charge in [0.2, 0.25) is 0 Å². The Morgan fingerprint density at radius 2 is 1.95 bits per heavy atom. The lowest BCUT2D eigenvalue weighted by atomic mass is 10.2. The van der Waals surface area contributed by atoms with E-state index < -0.39 is 6.61 Å². The Morgan fingerprint density at radius 1 is 1.32 bits per heavy atom. The van der Waals surface area contributed by atoms with Crippen LogP contribution in [0.3, 0.4) is 0 Å². The number of alkyl halides is 2. The molecule has 6 heteroatoms. The average Bonchev–Trinajstić information content (AvgIpc) is 2.40. The van der Waals surface area contributed by atoms with Gasteiger partial charge in [0, 0.05) is 6.54 Å². The zero-order valence-electron chi connectivity index (χ0n) is 10.9. The van der Waals surface area contributed by atoms with E-state index >= 15 is 0 Å². The summed E-state index contributed by atoms with van der Waals surface area (Å²) in [6.45, 7) is -0.510. The molecule has 0 heterocycles. The van der Waals surface area contributed by atoms with Gasteiger partial charge in [0.1, 0.15) is 11.8 Å². The molecule has 0 amide bonds. The highest BCUT2D eigenvalue weighted by atomic mass is 19.3. The zero-order chi connectivity index (χ0) is 14.3. The van der Waals surface area contributed by atoms with Crippen LogP contribution in [0.1, 0.15) is 18.9 Å². The topological polar surface area (TPSA) is 47.6 Å². The number of esters is 1. The van der Waals surface area contributed by atoms with Gasteiger partial charge < -0.3 is 14.8 Å². The molecule has 19 heavy (non-hydrogen) atoms. The van der Waals surface area contributed by atoms with Crippen LogP contribution in [0.5, 0.6) is 5.75 Å². The van der Waals surface area contributed by atoms with Crippen LogP contribution in [0.15, 0.2) is 24.3 Å². The van der Waals surface area contributed by atoms with E-state index in [2.05, 4.69) is 14.8 Å². The van der Waals surface area contributed by atoms with E-state index in [0.29, 0.717) is 13.0 Å². The van der Waals surface area contributed by atoms with Crippen LogP contribution in [0.25, 0.3) is 0 Å². The molecule has 106 valence electrons. The van der Waals surface area contributed by atoms with Crippen molar-refractivity contribution in [1.82, 2.24) is 5.32 Å². The van der Waals surface area contributed by atoms with Gasteiger partial charge in [0.05, 0.1) is 7.11 Å². The van der Waals surface area contributed by atoms with Crippen molar-refractivity contribution in [2.24, 2.45) is 0 Å². The van der Waals surface area contributed by atoms with Crippen LogP contribution >= 0.6 is 0 Å². The van der Waals surface area contributed by atoms with Crippen molar-refractivity contribution in [2.45, 2.75) is 32.5 Å². The van der Waals surface area contributed by atoms with Crippen molar-refractivity contribution < 1.29 is 23.0 Å². The van der Waals surface area contributed by atoms with Crippen molar-refractivity contribution in [3.8, 4) is 5.75 Å². The van der Waals surface area contributed by atoms with Gasteiger partial charge in [-0.3, -0.25) is 4.79 Å². The summed E-state index contributed by atoms with van der Waals surface area (Å²) in [5.74, 6) is -0.209. The maximum atomic E-state index is 12.0. The minimum atomic E-state index is -2.83. The van der Waals surface area contributed by atoms with Gasteiger partial charge in [-0.1, -0.05) is 19.1 Å². The number of carbonyl (C=O) groups excluding carboxylic acids is 1. The Bertz CT molecular complexity index is 395. The number of benzene rings is 1. The Balaban J connectivity index is 2.51. The number of carbonyl (C=O) groups is 1. The molecule has 1 unspecified atom stereocenters. The van der Waals surface area contributed by atoms with Crippen LogP contribution < -0.4 is 10.1 Å². The van der Waals surface area contributed by atoms with Crippen molar-refractivity contribution in [1.29, 1.82) is 0 Å². The minimum Gasteiger partial charge on any atom is -0.468 e. The van der Waals surface area contributed by atoms with Gasteiger partial charge in [-0.15, -0.1) is 0 Å². The SMILES string of the molecule is CCC(NCc1ccc(OC(F)F)cc1)C(=O)OC. The summed E-state index contributed by atoms with van der Waals surface area (Å²) in [6.07, 6.45) is 0.610. The molecule has 0 spiro atoms. The highest BCUT2D eigenvalue weighted by molar-refractivity contribution is 5.75. The highest BCUT2D eigenvalue weighted by Crippen LogP contribution is 2.14. The lowest BCUT2D eigenvalue weighted by molar-refractivity contribution is -0.143. The van der Waals surface area contributed by atoms with E-state index in [1.807, 2.05) is 6.92 Å². The summed E-state index contributed by atoms with van der Waals surface area (Å²) >= 11 is 0. The lowest BCUT2D eigenvalue weighted by Gasteiger charge is -2.14. The molecular formula is C13H17F2NO3. The van der Waals surface area contributed by atoms with Crippen LogP contribution in [0, 0.1) is 0 Å². The Kier molecular flexibility index (Phi) is 6.21. The molecule has 0 bridgehead atoms. The smallest absolute Gasteiger partial charge is 0.387 e. The van der Waals surface area contributed by atoms with Crippen LogP contribution in [-0.2, 0) is 16.1 Å². The van der Waals surface area contributed by atoms with E-state index in [-0.39, 0.29) is 17.8 Å². The van der Waals surface area contributed by atoms with E-state index in [4.69, 9.17) is 0 Å². The second-order valence-corrected chi connectivity index (χ2v) is 3.89. The van der Waals surface area contributed by atoms with Crippen molar-refractivity contribution >= 4 is 5.97 Å². The molecular weight excluding hydrogens is 256 g/mol. The van der Waals surface area contributed by atoms with E-state index in [0.717, 1.165) is 5.56 Å². The quantitative estimate of drug-likeness (QED) is 0.775. The molecule has 0 aliphatic rings. The minimum absolute atomic E-state index is 0.110. The number of methoxy groups -OCH3 is 1. The Labute approximate surface area is 110 Å². The van der Waals surface area contributed by atoms with Gasteiger partial charge >= 0.3 is 12.6 Å². The standard InChI is InChI=1S/C13H17F2NO3/c1-3-11(12(17)18-2)16-8-9-4-6-10(7-5-9)19-13(14)15/h4-7,11,13,16H,3,8H2,1-2H3. The number of hydrogen-bond acceptors (Lipinski definition) is 4. The van der Waals surface area contributed by atoms with Gasteiger partial charge in [0.25, 0.3) is 0 Å². The van der Waals surface area contributed by atoms with Gasteiger partial charge in [-0.25, -0.2) is 0 Å². The number of rotatable bonds is 7. The first-order valence-corrected chi connectivity index (χ1v) is 5.91. The molecule has 0 saturated heterocycles. The summed E-state index contributed by atoms with van der Waals surface area (Å²) in [4.78, 5) is 11.4. The molecule has 1 rings (SSSR count). The molecule has 1 atom stereocenters. The van der Waals surface area contributed by atoms with Crippen LogP contribution in [-0.4, -0.2) is 25.7 Å². The molecule has 0 radical (unpaired) electrons. The van der Waals surface area contributed by atoms with E-state index in [9.17, 15) is 13.6 Å². The fourth-order valence-corrected chi connectivity index (χ4v) is 1.57. The second-order valence-electron chi connectivity index (χ2n) is 3.89. The monoisotopic (exact) mass is 273 g/mol. The molecule has 0 fully saturated rings. The first-order valence-electron chi connectivity index (χ1n) is 5.91. The van der Waals surface area contributed by atoms with E-state index in [1.165, 1.54) is 19.2 Å². The molecule has 1 aromatic rings. The largest absolute Gasteiger partial charge is 0.468 e. The number of hydrogen-bond donors (Lipinski definition) is 1. The summed E-state index contributed by atoms with van der Waals surface area (Å²) < 4.78 is 32.8. The summed E-state index contributed by atoms with van der Waals surface area (Å²) in [6, 6.07) is 5.87. The lowest BCUT2D eigenvalue weighted by Crippen LogP contribution is -2.36. The predicted molar refractivity (Wildman–Crippen MR) is 66.0 cm³/mol. The average molecular weight is 273 g/mol. The molecule has 0 aromatic heterocycles. The molecule has 0 aliphatic heterocycles. The normalized spacial score (nSPS) is 12.3. The third-order valence-electron chi connectivity index (χ3n) is 2.60. The first kappa shape index (κ1) is 15.4. The third kappa shape index (κ3) is 5.21. The number of halogens is 2. The first-order chi connectivity index (χ1) is 9.06. The fourth-order valence-electron chi connectivity index (χ4n) is 1.57. The summed E-state index contributed by atoms with van der Waals surface area (Å²) in [7, 11) is 1.34. The van der Waals surface area contributed by atoms with Crippen molar-refractivity contribution in [3.63, 3.8) is 0 Å². The summed E-state index contributed by atoms with van der Waals surface area (Å²) in [5, 5.41) is 3.03. The Morgan fingerprint density at radius 3 is 2.42 bits per heavy atom. The fraction of sp³-hybridized carbons (Fsp3) is 0.462. The number of ether oxygens (including phenoxy) is 2. The van der Waals surface area contributed by atoms with Crippen LogP contribution in [0.4, 0.5) is 8.78 Å². The van der Waals surface area contributed by atoms with Crippen LogP contribution in [0.2, 0.25) is 0 Å². The summed E-state index contributed by atoms with van der Waals surface area (Å²) in [5.41, 5.74) is 0.865. The van der Waals surface area contributed by atoms with Crippen molar-refractivity contribution in [2.75, 3.05) is 7.11 Å². The highest BCUT2D eigenvalue weighted by Gasteiger charge is 2.15. The Hall–Kier alpha value is -1.69. The second kappa shape index (κ2) is 7.68. The number of nitrogens with one attached hydrogen (secondary N) is 1. The molecule has 1 N–H and O–H groups in total. The third-order valence-corrected chi connectivity index (χ3v) is 2.60. The predicted octanol–water partition coefficient (Wildman–Crippen LogP) is 2.33. The molecule has 0 saturated carbocycles. The van der Waals surface area contributed by atoms with E-state index in [1.54, 1.807) is 12.1 Å². The molecule has 0 aliphatic carbocycles. The van der Waals surface area contributed by atoms with Gasteiger partial charge in [0.15, 0.2) is 0 Å². The molecule has 4 nitrogen and oxygen atoms in total. The van der Waals surface area contributed by atoms with Gasteiger partial charge in [-0.05, 0) is 24.1 Å². The zero-order valence-corrected chi connectivity index (χ0v) is 10.9. The molecule has 1 aromatic carbocycles. The van der Waals surface area contributed by atoms with Crippen molar-refractivity contribution in [3.05, 3.63) is 29.8 Å². The maximum Gasteiger partial charge on any atom is 0.387 e. The van der Waals surface area contributed by atoms with Gasteiger partial charge in [-0.2, -0.15) is 8.78 Å². The maximum absolute atomic E-state index is 12.0.